The number of nitrogens with one attached hydrogen (secondary N) is 1. The number of rotatable bonds is 6. The summed E-state index contributed by atoms with van der Waals surface area (Å²) < 4.78 is 51.4. The van der Waals surface area contributed by atoms with Crippen molar-refractivity contribution < 1.29 is 16.8 Å². The molecule has 0 aliphatic carbocycles. The molecule has 0 spiro atoms. The Bertz CT molecular complexity index is 1170. The summed E-state index contributed by atoms with van der Waals surface area (Å²) in [6.45, 7) is 0.0281. The van der Waals surface area contributed by atoms with E-state index in [9.17, 15) is 16.8 Å². The molecule has 27 heavy (non-hydrogen) atoms. The Morgan fingerprint density at radius 3 is 2.26 bits per heavy atom. The van der Waals surface area contributed by atoms with Crippen molar-refractivity contribution in [1.82, 2.24) is 19.5 Å². The highest BCUT2D eigenvalue weighted by atomic mass is 32.2. The van der Waals surface area contributed by atoms with E-state index in [0.29, 0.717) is 5.56 Å². The topological polar surface area (TPSA) is 137 Å². The molecule has 3 N–H and O–H groups in total. The zero-order valence-electron chi connectivity index (χ0n) is 14.3. The lowest BCUT2D eigenvalue weighted by atomic mass is 10.1. The van der Waals surface area contributed by atoms with Gasteiger partial charge in [-0.25, -0.2) is 26.7 Å². The third kappa shape index (κ3) is 4.57. The molecule has 1 aromatic carbocycles. The molecule has 3 aromatic rings. The summed E-state index contributed by atoms with van der Waals surface area (Å²) in [6, 6.07) is 6.48. The third-order valence-electron chi connectivity index (χ3n) is 3.76. The lowest BCUT2D eigenvalue weighted by Gasteiger charge is -2.08. The van der Waals surface area contributed by atoms with Gasteiger partial charge in [-0.2, -0.15) is 5.10 Å². The summed E-state index contributed by atoms with van der Waals surface area (Å²) in [5, 5.41) is 9.11. The predicted octanol–water partition coefficient (Wildman–Crippen LogP) is 0.608. The summed E-state index contributed by atoms with van der Waals surface area (Å²) in [7, 11) is -5.90. The van der Waals surface area contributed by atoms with E-state index < -0.39 is 20.0 Å². The van der Waals surface area contributed by atoms with Gasteiger partial charge in [-0.1, -0.05) is 0 Å². The fourth-order valence-electron chi connectivity index (χ4n) is 2.38. The fraction of sp³-hybridized carbons (Fsp3) is 0.125. The van der Waals surface area contributed by atoms with Crippen LogP contribution in [0.25, 0.3) is 11.1 Å². The largest absolute Gasteiger partial charge is 0.275 e. The first-order valence-corrected chi connectivity index (χ1v) is 10.7. The molecule has 11 heteroatoms. The molecule has 3 rings (SSSR count). The van der Waals surface area contributed by atoms with Crippen LogP contribution in [0.5, 0.6) is 0 Å². The van der Waals surface area contributed by atoms with Gasteiger partial charge in [-0.15, -0.1) is 0 Å². The van der Waals surface area contributed by atoms with Crippen LogP contribution < -0.4 is 9.86 Å². The van der Waals surface area contributed by atoms with Crippen LogP contribution in [0.15, 0.2) is 64.9 Å². The van der Waals surface area contributed by atoms with E-state index >= 15 is 0 Å². The molecule has 0 atom stereocenters. The minimum Gasteiger partial charge on any atom is -0.275 e. The number of pyridine rings is 1. The van der Waals surface area contributed by atoms with Gasteiger partial charge in [0.1, 0.15) is 0 Å². The number of nitrogens with zero attached hydrogens (tertiary/aromatic N) is 3. The number of aryl methyl sites for hydroxylation is 1. The molecule has 0 saturated heterocycles. The molecule has 0 radical (unpaired) electrons. The van der Waals surface area contributed by atoms with Crippen LogP contribution in [-0.4, -0.2) is 31.6 Å². The average Bonchev–Trinajstić information content (AvgIpc) is 3.06. The van der Waals surface area contributed by atoms with Gasteiger partial charge in [-0.3, -0.25) is 9.67 Å². The van der Waals surface area contributed by atoms with E-state index in [2.05, 4.69) is 14.8 Å². The van der Waals surface area contributed by atoms with E-state index in [1.165, 1.54) is 12.1 Å². The van der Waals surface area contributed by atoms with Crippen LogP contribution in [0.3, 0.4) is 0 Å². The highest BCUT2D eigenvalue weighted by molar-refractivity contribution is 7.89. The highest BCUT2D eigenvalue weighted by Gasteiger charge is 2.16. The van der Waals surface area contributed by atoms with Crippen molar-refractivity contribution in [2.24, 2.45) is 12.2 Å². The van der Waals surface area contributed by atoms with E-state index in [1.807, 2.05) is 12.3 Å². The molecular formula is C16H17N5O4S2. The summed E-state index contributed by atoms with van der Waals surface area (Å²) in [5.41, 5.74) is 2.35. The second kappa shape index (κ2) is 7.19. The smallest absolute Gasteiger partial charge is 0.240 e. The van der Waals surface area contributed by atoms with Crippen molar-refractivity contribution in [3.8, 4) is 11.1 Å². The van der Waals surface area contributed by atoms with Gasteiger partial charge >= 0.3 is 0 Å². The third-order valence-corrected chi connectivity index (χ3v) is 6.11. The Labute approximate surface area is 157 Å². The minimum atomic E-state index is -3.88. The molecule has 2 heterocycles. The Hall–Kier alpha value is -2.60. The summed E-state index contributed by atoms with van der Waals surface area (Å²) >= 11 is 0. The van der Waals surface area contributed by atoms with Gasteiger partial charge in [0.25, 0.3) is 0 Å². The van der Waals surface area contributed by atoms with Crippen molar-refractivity contribution >= 4 is 20.0 Å². The summed E-state index contributed by atoms with van der Waals surface area (Å²) in [6.07, 6.45) is 6.75. The molecule has 0 bridgehead atoms. The zero-order chi connectivity index (χ0) is 19.7. The number of nitrogens with two attached hydrogens (primary N) is 1. The average molecular weight is 407 g/mol. The van der Waals surface area contributed by atoms with E-state index in [-0.39, 0.29) is 16.3 Å². The molecule has 0 fully saturated rings. The lowest BCUT2D eigenvalue weighted by molar-refractivity contribution is 0.580. The SMILES string of the molecule is Cn1cc(-c2cncc(CNS(=O)(=O)c3ccc(S(N)(=O)=O)cc3)c2)cn1. The second-order valence-electron chi connectivity index (χ2n) is 5.83. The fourth-order valence-corrected chi connectivity index (χ4v) is 3.92. The molecule has 2 aromatic heterocycles. The van der Waals surface area contributed by atoms with Crippen molar-refractivity contribution in [3.63, 3.8) is 0 Å². The molecule has 0 aliphatic rings. The van der Waals surface area contributed by atoms with E-state index in [0.717, 1.165) is 23.3 Å². The van der Waals surface area contributed by atoms with Crippen molar-refractivity contribution in [2.45, 2.75) is 16.3 Å². The van der Waals surface area contributed by atoms with Gasteiger partial charge in [0.05, 0.1) is 16.0 Å². The van der Waals surface area contributed by atoms with Crippen molar-refractivity contribution in [3.05, 3.63) is 60.7 Å². The number of primary sulfonamides is 1. The molecule has 0 amide bonds. The Morgan fingerprint density at radius 1 is 1.00 bits per heavy atom. The number of aromatic nitrogens is 3. The first-order chi connectivity index (χ1) is 12.6. The van der Waals surface area contributed by atoms with Crippen molar-refractivity contribution in [1.29, 1.82) is 0 Å². The monoisotopic (exact) mass is 407 g/mol. The van der Waals surface area contributed by atoms with Crippen LogP contribution in [0.2, 0.25) is 0 Å². The van der Waals surface area contributed by atoms with Crippen LogP contribution in [0.4, 0.5) is 0 Å². The standard InChI is InChI=1S/C16H17N5O4S2/c1-21-11-14(10-19-21)13-6-12(7-18-9-13)8-20-27(24,25)16-4-2-15(3-5-16)26(17,22)23/h2-7,9-11,20H,8H2,1H3,(H2,17,22,23). The first kappa shape index (κ1) is 19.2. The van der Waals surface area contributed by atoms with E-state index in [4.69, 9.17) is 5.14 Å². The van der Waals surface area contributed by atoms with Gasteiger partial charge in [0, 0.05) is 43.3 Å². The number of benzene rings is 1. The predicted molar refractivity (Wildman–Crippen MR) is 98.3 cm³/mol. The van der Waals surface area contributed by atoms with E-state index in [1.54, 1.807) is 30.3 Å². The maximum absolute atomic E-state index is 12.4. The van der Waals surface area contributed by atoms with Gasteiger partial charge in [0.2, 0.25) is 20.0 Å². The highest BCUT2D eigenvalue weighted by Crippen LogP contribution is 2.19. The minimum absolute atomic E-state index is 0.0281. The molecule has 0 saturated carbocycles. The Morgan fingerprint density at radius 2 is 1.67 bits per heavy atom. The number of hydrogen-bond acceptors (Lipinski definition) is 6. The zero-order valence-corrected chi connectivity index (χ0v) is 15.9. The van der Waals surface area contributed by atoms with Crippen LogP contribution in [0.1, 0.15) is 5.56 Å². The number of hydrogen-bond donors (Lipinski definition) is 2. The molecule has 0 aliphatic heterocycles. The van der Waals surface area contributed by atoms with Crippen LogP contribution in [0, 0.1) is 0 Å². The van der Waals surface area contributed by atoms with Crippen molar-refractivity contribution in [2.75, 3.05) is 0 Å². The Balaban J connectivity index is 1.76. The maximum atomic E-state index is 12.4. The molecular weight excluding hydrogens is 390 g/mol. The second-order valence-corrected chi connectivity index (χ2v) is 9.15. The normalized spacial score (nSPS) is 12.2. The summed E-state index contributed by atoms with van der Waals surface area (Å²) in [4.78, 5) is 3.91. The van der Waals surface area contributed by atoms with Gasteiger partial charge < -0.3 is 0 Å². The van der Waals surface area contributed by atoms with Crippen LogP contribution >= 0.6 is 0 Å². The first-order valence-electron chi connectivity index (χ1n) is 7.71. The van der Waals surface area contributed by atoms with Gasteiger partial charge in [0.15, 0.2) is 0 Å². The molecule has 0 unspecified atom stereocenters. The lowest BCUT2D eigenvalue weighted by Crippen LogP contribution is -2.23. The quantitative estimate of drug-likeness (QED) is 0.614. The summed E-state index contributed by atoms with van der Waals surface area (Å²) in [5.74, 6) is 0. The van der Waals surface area contributed by atoms with Gasteiger partial charge in [-0.05, 0) is 35.9 Å². The Kier molecular flexibility index (Phi) is 5.11. The van der Waals surface area contributed by atoms with Crippen LogP contribution in [-0.2, 0) is 33.6 Å². The molecule has 9 nitrogen and oxygen atoms in total. The maximum Gasteiger partial charge on any atom is 0.240 e. The molecule has 142 valence electrons. The number of sulfonamides is 2.